The largest absolute Gasteiger partial charge is 0.292 e. The minimum absolute atomic E-state index is 0.295. The molecule has 0 bridgehead atoms. The Morgan fingerprint density at radius 1 is 1.21 bits per heavy atom. The lowest BCUT2D eigenvalue weighted by Gasteiger charge is -2.04. The molecule has 1 heterocycles. The Morgan fingerprint density at radius 3 is 2.47 bits per heavy atom. The molecule has 100 valence electrons. The summed E-state index contributed by atoms with van der Waals surface area (Å²) in [6, 6.07) is 8.36. The fourth-order valence-electron chi connectivity index (χ4n) is 1.34. The Bertz CT molecular complexity index is 671. The van der Waals surface area contributed by atoms with E-state index >= 15 is 0 Å². The lowest BCUT2D eigenvalue weighted by atomic mass is 10.4. The van der Waals surface area contributed by atoms with Gasteiger partial charge in [-0.25, -0.2) is 24.2 Å². The maximum absolute atomic E-state index is 11.3. The van der Waals surface area contributed by atoms with Gasteiger partial charge in [0.2, 0.25) is 5.95 Å². The van der Waals surface area contributed by atoms with Crippen molar-refractivity contribution in [2.75, 3.05) is 11.7 Å². The molecule has 0 fully saturated rings. The van der Waals surface area contributed by atoms with Crippen molar-refractivity contribution in [2.45, 2.75) is 14.8 Å². The summed E-state index contributed by atoms with van der Waals surface area (Å²) in [6.07, 6.45) is 2.77. The first-order valence-corrected chi connectivity index (χ1v) is 7.97. The predicted octanol–water partition coefficient (Wildman–Crippen LogP) is 1.32. The van der Waals surface area contributed by atoms with E-state index in [0.29, 0.717) is 10.8 Å². The SMILES string of the molecule is CS(=O)(=O)c1ccc(Sc2ccnc(NN)n2)cc1. The van der Waals surface area contributed by atoms with E-state index in [2.05, 4.69) is 15.4 Å². The zero-order chi connectivity index (χ0) is 13.9. The topological polar surface area (TPSA) is 98.0 Å². The molecule has 0 aliphatic carbocycles. The molecule has 0 saturated heterocycles. The van der Waals surface area contributed by atoms with Gasteiger partial charge in [0, 0.05) is 17.3 Å². The molecule has 0 radical (unpaired) electrons. The van der Waals surface area contributed by atoms with Gasteiger partial charge in [-0.05, 0) is 30.3 Å². The highest BCUT2D eigenvalue weighted by Gasteiger charge is 2.07. The summed E-state index contributed by atoms with van der Waals surface area (Å²) in [6.45, 7) is 0. The first-order valence-electron chi connectivity index (χ1n) is 5.27. The number of nitrogen functional groups attached to an aromatic ring is 1. The van der Waals surface area contributed by atoms with Crippen LogP contribution in [-0.4, -0.2) is 24.6 Å². The second-order valence-corrected chi connectivity index (χ2v) is 6.82. The highest BCUT2D eigenvalue weighted by Crippen LogP contribution is 2.27. The molecule has 2 rings (SSSR count). The third-order valence-electron chi connectivity index (χ3n) is 2.23. The van der Waals surface area contributed by atoms with Crippen molar-refractivity contribution in [3.05, 3.63) is 36.5 Å². The van der Waals surface area contributed by atoms with E-state index in [1.54, 1.807) is 36.5 Å². The Morgan fingerprint density at radius 2 is 1.89 bits per heavy atom. The number of nitrogens with one attached hydrogen (secondary N) is 1. The summed E-state index contributed by atoms with van der Waals surface area (Å²) in [5.74, 6) is 5.56. The van der Waals surface area contributed by atoms with E-state index in [1.165, 1.54) is 18.0 Å². The summed E-state index contributed by atoms with van der Waals surface area (Å²) >= 11 is 1.39. The zero-order valence-electron chi connectivity index (χ0n) is 10.1. The molecule has 6 nitrogen and oxygen atoms in total. The summed E-state index contributed by atoms with van der Waals surface area (Å²) in [5.41, 5.74) is 2.37. The van der Waals surface area contributed by atoms with Crippen LogP contribution >= 0.6 is 11.8 Å². The van der Waals surface area contributed by atoms with Gasteiger partial charge in [-0.3, -0.25) is 5.43 Å². The number of hydrogen-bond acceptors (Lipinski definition) is 7. The molecule has 0 saturated carbocycles. The van der Waals surface area contributed by atoms with Gasteiger partial charge >= 0.3 is 0 Å². The maximum atomic E-state index is 11.3. The van der Waals surface area contributed by atoms with Gasteiger partial charge in [0.25, 0.3) is 0 Å². The van der Waals surface area contributed by atoms with Crippen molar-refractivity contribution in [2.24, 2.45) is 5.84 Å². The Kier molecular flexibility index (Phi) is 4.03. The Labute approximate surface area is 115 Å². The molecule has 0 aliphatic heterocycles. The molecule has 0 spiro atoms. The third-order valence-corrected chi connectivity index (χ3v) is 4.31. The van der Waals surface area contributed by atoms with Crippen LogP contribution < -0.4 is 11.3 Å². The van der Waals surface area contributed by atoms with Crippen LogP contribution in [0.4, 0.5) is 5.95 Å². The minimum Gasteiger partial charge on any atom is -0.292 e. The number of anilines is 1. The minimum atomic E-state index is -3.16. The number of aromatic nitrogens is 2. The van der Waals surface area contributed by atoms with E-state index in [9.17, 15) is 8.42 Å². The quantitative estimate of drug-likeness (QED) is 0.498. The highest BCUT2D eigenvalue weighted by atomic mass is 32.2. The molecule has 0 atom stereocenters. The van der Waals surface area contributed by atoms with Crippen LogP contribution in [0.25, 0.3) is 0 Å². The van der Waals surface area contributed by atoms with Gasteiger partial charge in [0.1, 0.15) is 5.03 Å². The normalized spacial score (nSPS) is 11.3. The second-order valence-electron chi connectivity index (χ2n) is 3.71. The van der Waals surface area contributed by atoms with Crippen LogP contribution in [0.5, 0.6) is 0 Å². The number of hydrazine groups is 1. The molecule has 3 N–H and O–H groups in total. The monoisotopic (exact) mass is 296 g/mol. The molecule has 2 aromatic rings. The van der Waals surface area contributed by atoms with E-state index in [4.69, 9.17) is 5.84 Å². The van der Waals surface area contributed by atoms with E-state index in [0.717, 1.165) is 9.92 Å². The van der Waals surface area contributed by atoms with Crippen LogP contribution in [0.2, 0.25) is 0 Å². The average Bonchev–Trinajstić information content (AvgIpc) is 2.38. The molecule has 0 amide bonds. The average molecular weight is 296 g/mol. The standard InChI is InChI=1S/C11H12N4O2S2/c1-19(16,17)9-4-2-8(3-5-9)18-10-6-7-13-11(14-10)15-12/h2-7H,12H2,1H3,(H,13,14,15). The predicted molar refractivity (Wildman–Crippen MR) is 73.5 cm³/mol. The van der Waals surface area contributed by atoms with Gasteiger partial charge in [-0.1, -0.05) is 11.8 Å². The summed E-state index contributed by atoms with van der Waals surface area (Å²) in [7, 11) is -3.16. The fraction of sp³-hybridized carbons (Fsp3) is 0.0909. The molecule has 0 aliphatic rings. The molecule has 19 heavy (non-hydrogen) atoms. The number of nitrogens with zero attached hydrogens (tertiary/aromatic N) is 2. The van der Waals surface area contributed by atoms with Gasteiger partial charge in [-0.2, -0.15) is 0 Å². The number of nitrogens with two attached hydrogens (primary N) is 1. The number of hydrogen-bond donors (Lipinski definition) is 2. The van der Waals surface area contributed by atoms with Gasteiger partial charge < -0.3 is 0 Å². The van der Waals surface area contributed by atoms with Gasteiger partial charge in [0.15, 0.2) is 9.84 Å². The van der Waals surface area contributed by atoms with Crippen LogP contribution in [-0.2, 0) is 9.84 Å². The van der Waals surface area contributed by atoms with Crippen molar-refractivity contribution in [3.8, 4) is 0 Å². The van der Waals surface area contributed by atoms with Crippen LogP contribution in [0, 0.1) is 0 Å². The van der Waals surface area contributed by atoms with Crippen LogP contribution in [0.3, 0.4) is 0 Å². The van der Waals surface area contributed by atoms with E-state index < -0.39 is 9.84 Å². The van der Waals surface area contributed by atoms with Crippen molar-refractivity contribution < 1.29 is 8.42 Å². The molecule has 1 aromatic heterocycles. The van der Waals surface area contributed by atoms with E-state index in [1.807, 2.05) is 0 Å². The molecule has 8 heteroatoms. The summed E-state index contributed by atoms with van der Waals surface area (Å²) in [5, 5.41) is 0.718. The first kappa shape index (κ1) is 13.8. The number of sulfone groups is 1. The second kappa shape index (κ2) is 5.55. The lowest BCUT2D eigenvalue weighted by molar-refractivity contribution is 0.602. The van der Waals surface area contributed by atoms with E-state index in [-0.39, 0.29) is 0 Å². The maximum Gasteiger partial charge on any atom is 0.238 e. The molecular formula is C11H12N4O2S2. The van der Waals surface area contributed by atoms with Crippen molar-refractivity contribution in [1.29, 1.82) is 0 Å². The summed E-state index contributed by atoms with van der Waals surface area (Å²) in [4.78, 5) is 9.24. The van der Waals surface area contributed by atoms with Crippen LogP contribution in [0.1, 0.15) is 0 Å². The third kappa shape index (κ3) is 3.66. The molecular weight excluding hydrogens is 284 g/mol. The fourth-order valence-corrected chi connectivity index (χ4v) is 2.75. The van der Waals surface area contributed by atoms with Crippen LogP contribution in [0.15, 0.2) is 51.3 Å². The Balaban J connectivity index is 2.19. The molecule has 0 unspecified atom stereocenters. The van der Waals surface area contributed by atoms with Gasteiger partial charge in [0.05, 0.1) is 4.90 Å². The zero-order valence-corrected chi connectivity index (χ0v) is 11.7. The lowest BCUT2D eigenvalue weighted by Crippen LogP contribution is -2.10. The number of benzene rings is 1. The highest BCUT2D eigenvalue weighted by molar-refractivity contribution is 7.99. The van der Waals surface area contributed by atoms with Crippen molar-refractivity contribution in [1.82, 2.24) is 9.97 Å². The first-order chi connectivity index (χ1) is 8.99. The van der Waals surface area contributed by atoms with Crippen molar-refractivity contribution >= 4 is 27.5 Å². The van der Waals surface area contributed by atoms with Gasteiger partial charge in [-0.15, -0.1) is 0 Å². The Hall–Kier alpha value is -1.64. The number of rotatable bonds is 4. The van der Waals surface area contributed by atoms with Crippen molar-refractivity contribution in [3.63, 3.8) is 0 Å². The summed E-state index contributed by atoms with van der Waals surface area (Å²) < 4.78 is 22.7. The molecule has 1 aromatic carbocycles. The smallest absolute Gasteiger partial charge is 0.238 e.